The highest BCUT2D eigenvalue weighted by Crippen LogP contribution is 2.46. The second kappa shape index (κ2) is 13.2. The van der Waals surface area contributed by atoms with Gasteiger partial charge in [0.25, 0.3) is 35.0 Å². The summed E-state index contributed by atoms with van der Waals surface area (Å²) in [7, 11) is 0. The zero-order valence-corrected chi connectivity index (χ0v) is 28.0. The van der Waals surface area contributed by atoms with Crippen molar-refractivity contribution in [2.45, 2.75) is 113 Å². The lowest BCUT2D eigenvalue weighted by Crippen LogP contribution is -2.53. The van der Waals surface area contributed by atoms with Gasteiger partial charge in [-0.15, -0.1) is 0 Å². The van der Waals surface area contributed by atoms with Crippen LogP contribution in [0.3, 0.4) is 0 Å². The van der Waals surface area contributed by atoms with Crippen LogP contribution in [0.1, 0.15) is 89.9 Å². The van der Waals surface area contributed by atoms with Crippen LogP contribution < -0.4 is 0 Å². The molecular formula is C36H36O16. The summed E-state index contributed by atoms with van der Waals surface area (Å²) >= 11 is 0. The van der Waals surface area contributed by atoms with E-state index in [0.717, 1.165) is 62.8 Å². The SMILES string of the molecule is O=C1OC2(CCCCC2)OC(=O)C1=CC=CC1=C(O)OC2(CCC3(CC2)OC(=O)C(C=CC=C2C(=O)OC4(CCCCC4)OC2=O)=C(O)O3)OC1=O. The van der Waals surface area contributed by atoms with Gasteiger partial charge in [0.1, 0.15) is 22.3 Å². The number of allylic oxidation sites excluding steroid dienone is 4. The van der Waals surface area contributed by atoms with E-state index in [4.69, 9.17) is 37.9 Å². The van der Waals surface area contributed by atoms with Crippen LogP contribution >= 0.6 is 0 Å². The largest absolute Gasteiger partial charge is 0.480 e. The molecule has 276 valence electrons. The van der Waals surface area contributed by atoms with E-state index in [1.165, 1.54) is 12.2 Å². The van der Waals surface area contributed by atoms with E-state index in [-0.39, 0.29) is 48.0 Å². The Morgan fingerprint density at radius 2 is 0.673 bits per heavy atom. The maximum absolute atomic E-state index is 12.9. The molecule has 4 heterocycles. The molecule has 2 saturated heterocycles. The lowest BCUT2D eigenvalue weighted by Gasteiger charge is -2.46. The first-order valence-corrected chi connectivity index (χ1v) is 17.3. The Labute approximate surface area is 296 Å². The fraction of sp³-hybridized carbons (Fsp3) is 0.500. The molecule has 0 radical (unpaired) electrons. The van der Waals surface area contributed by atoms with Crippen LogP contribution in [0.4, 0.5) is 0 Å². The highest BCUT2D eigenvalue weighted by atomic mass is 16.8. The molecule has 4 spiro atoms. The quantitative estimate of drug-likeness (QED) is 0.180. The third kappa shape index (κ3) is 6.64. The zero-order valence-electron chi connectivity index (χ0n) is 28.0. The van der Waals surface area contributed by atoms with Gasteiger partial charge in [0, 0.05) is 51.4 Å². The maximum atomic E-state index is 12.9. The molecule has 0 aromatic heterocycles. The number of rotatable bonds is 4. The Hall–Kier alpha value is -5.54. The van der Waals surface area contributed by atoms with E-state index in [1.54, 1.807) is 0 Å². The molecule has 4 aliphatic heterocycles. The average Bonchev–Trinajstić information content (AvgIpc) is 3.08. The summed E-state index contributed by atoms with van der Waals surface area (Å²) < 4.78 is 44.0. The Bertz CT molecular complexity index is 1610. The molecule has 0 bridgehead atoms. The number of ether oxygens (including phenoxy) is 8. The smallest absolute Gasteiger partial charge is 0.348 e. The lowest BCUT2D eigenvalue weighted by molar-refractivity contribution is -0.302. The van der Waals surface area contributed by atoms with Crippen LogP contribution in [0.15, 0.2) is 70.6 Å². The van der Waals surface area contributed by atoms with Gasteiger partial charge < -0.3 is 48.1 Å². The molecule has 52 heavy (non-hydrogen) atoms. The van der Waals surface area contributed by atoms with E-state index in [9.17, 15) is 39.0 Å². The first-order chi connectivity index (χ1) is 24.8. The van der Waals surface area contributed by atoms with E-state index in [2.05, 4.69) is 0 Å². The highest BCUT2D eigenvalue weighted by Gasteiger charge is 2.55. The average molecular weight is 725 g/mol. The second-order valence-electron chi connectivity index (χ2n) is 13.6. The van der Waals surface area contributed by atoms with Gasteiger partial charge in [-0.3, -0.25) is 0 Å². The molecular weight excluding hydrogens is 688 g/mol. The number of hydrogen-bond donors (Lipinski definition) is 2. The molecule has 3 saturated carbocycles. The normalized spacial score (nSPS) is 26.5. The van der Waals surface area contributed by atoms with Gasteiger partial charge in [0.05, 0.1) is 0 Å². The summed E-state index contributed by atoms with van der Waals surface area (Å²) in [5, 5.41) is 21.3. The van der Waals surface area contributed by atoms with Crippen molar-refractivity contribution in [3.8, 4) is 0 Å². The van der Waals surface area contributed by atoms with Crippen molar-refractivity contribution in [3.05, 3.63) is 70.6 Å². The topological polar surface area (TPSA) is 217 Å². The first-order valence-electron chi connectivity index (χ1n) is 17.3. The van der Waals surface area contributed by atoms with Crippen LogP contribution in [0.25, 0.3) is 0 Å². The molecule has 7 rings (SSSR count). The van der Waals surface area contributed by atoms with Gasteiger partial charge in [-0.2, -0.15) is 0 Å². The summed E-state index contributed by atoms with van der Waals surface area (Å²) in [5.41, 5.74) is -1.54. The van der Waals surface area contributed by atoms with E-state index < -0.39 is 70.9 Å². The number of carbonyl (C=O) groups excluding carboxylic acids is 6. The van der Waals surface area contributed by atoms with Crippen molar-refractivity contribution in [2.75, 3.05) is 0 Å². The third-order valence-corrected chi connectivity index (χ3v) is 10.1. The number of esters is 6. The number of carbonyl (C=O) groups is 6. The Kier molecular flexibility index (Phi) is 8.87. The minimum atomic E-state index is -1.64. The summed E-state index contributed by atoms with van der Waals surface area (Å²) in [5.74, 6) is -12.7. The van der Waals surface area contributed by atoms with Gasteiger partial charge in [-0.25, -0.2) is 28.8 Å². The second-order valence-corrected chi connectivity index (χ2v) is 13.6. The van der Waals surface area contributed by atoms with Gasteiger partial charge in [0.2, 0.25) is 0 Å². The predicted molar refractivity (Wildman–Crippen MR) is 168 cm³/mol. The van der Waals surface area contributed by atoms with Crippen LogP contribution in [0.2, 0.25) is 0 Å². The Morgan fingerprint density at radius 3 is 0.981 bits per heavy atom. The number of aliphatic hydroxyl groups excluding tert-OH is 2. The molecule has 7 aliphatic rings. The van der Waals surface area contributed by atoms with Gasteiger partial charge in [-0.1, -0.05) is 25.0 Å². The van der Waals surface area contributed by atoms with Gasteiger partial charge in [-0.05, 0) is 50.0 Å². The fourth-order valence-corrected chi connectivity index (χ4v) is 7.27. The van der Waals surface area contributed by atoms with Crippen molar-refractivity contribution in [1.82, 2.24) is 0 Å². The summed E-state index contributed by atoms with van der Waals surface area (Å²) in [4.78, 5) is 76.1. The Morgan fingerprint density at radius 1 is 0.385 bits per heavy atom. The van der Waals surface area contributed by atoms with E-state index in [0.29, 0.717) is 25.7 Å². The van der Waals surface area contributed by atoms with Crippen LogP contribution in [-0.2, 0) is 66.7 Å². The van der Waals surface area contributed by atoms with Crippen LogP contribution in [0, 0.1) is 0 Å². The van der Waals surface area contributed by atoms with Crippen molar-refractivity contribution >= 4 is 35.8 Å². The molecule has 0 aromatic rings. The predicted octanol–water partition coefficient (Wildman–Crippen LogP) is 4.13. The molecule has 16 heteroatoms. The van der Waals surface area contributed by atoms with Crippen molar-refractivity contribution in [1.29, 1.82) is 0 Å². The highest BCUT2D eigenvalue weighted by molar-refractivity contribution is 6.16. The van der Waals surface area contributed by atoms with Gasteiger partial charge >= 0.3 is 35.8 Å². The maximum Gasteiger partial charge on any atom is 0.348 e. The molecule has 5 fully saturated rings. The zero-order chi connectivity index (χ0) is 36.7. The molecule has 0 aromatic carbocycles. The Balaban J connectivity index is 0.962. The minimum absolute atomic E-state index is 0.118. The van der Waals surface area contributed by atoms with Gasteiger partial charge in [0.15, 0.2) is 0 Å². The molecule has 0 atom stereocenters. The summed E-state index contributed by atoms with van der Waals surface area (Å²) in [6.45, 7) is 0. The fourth-order valence-electron chi connectivity index (χ4n) is 7.27. The van der Waals surface area contributed by atoms with Crippen molar-refractivity contribution in [2.24, 2.45) is 0 Å². The molecule has 16 nitrogen and oxygen atoms in total. The summed E-state index contributed by atoms with van der Waals surface area (Å²) in [6.07, 6.45) is 12.9. The van der Waals surface area contributed by atoms with E-state index in [1.807, 2.05) is 0 Å². The molecule has 0 unspecified atom stereocenters. The first kappa shape index (κ1) is 34.9. The summed E-state index contributed by atoms with van der Waals surface area (Å²) in [6, 6.07) is 0. The molecule has 0 amide bonds. The minimum Gasteiger partial charge on any atom is -0.480 e. The monoisotopic (exact) mass is 724 g/mol. The van der Waals surface area contributed by atoms with E-state index >= 15 is 0 Å². The van der Waals surface area contributed by atoms with Crippen molar-refractivity contribution < 1.29 is 76.9 Å². The van der Waals surface area contributed by atoms with Crippen LogP contribution in [-0.4, -0.2) is 69.2 Å². The van der Waals surface area contributed by atoms with Crippen molar-refractivity contribution in [3.63, 3.8) is 0 Å². The number of hydrogen-bond acceptors (Lipinski definition) is 16. The molecule has 3 aliphatic carbocycles. The van der Waals surface area contributed by atoms with Crippen LogP contribution in [0.5, 0.6) is 0 Å². The third-order valence-electron chi connectivity index (χ3n) is 10.1. The molecule has 2 N–H and O–H groups in total. The lowest BCUT2D eigenvalue weighted by atomic mass is 9.87. The number of aliphatic hydroxyl groups is 2. The standard InChI is InChI=1S/C36H36O16/c37-25-21(26(38)46-33(45-25)13-3-1-4-14-33)9-7-11-23-29(41)49-35(50-30(23)42)17-19-36(20-18-35)51-31(43)24(32(44)52-36)12-8-10-22-27(39)47-34(48-28(22)40)15-5-2-6-16-34/h7-12,41,43H,1-6,13-20H2.